The van der Waals surface area contributed by atoms with Crippen molar-refractivity contribution in [1.82, 2.24) is 14.2 Å². The summed E-state index contributed by atoms with van der Waals surface area (Å²) in [6.45, 7) is 6.85. The normalized spacial score (nSPS) is 11.8. The lowest BCUT2D eigenvalue weighted by molar-refractivity contribution is 0.407. The molecule has 2 aromatic heterocycles. The van der Waals surface area contributed by atoms with Crippen molar-refractivity contribution < 1.29 is 4.74 Å². The molecule has 0 amide bonds. The van der Waals surface area contributed by atoms with Gasteiger partial charge in [-0.25, -0.2) is 4.98 Å². The van der Waals surface area contributed by atoms with E-state index in [-0.39, 0.29) is 11.5 Å². The molecule has 0 aliphatic rings. The molecule has 0 radical (unpaired) electrons. The molecule has 7 heteroatoms. The number of rotatable bonds is 7. The summed E-state index contributed by atoms with van der Waals surface area (Å²) in [6.07, 6.45) is 3.79. The predicted octanol–water partition coefficient (Wildman–Crippen LogP) is 8.04. The van der Waals surface area contributed by atoms with E-state index in [0.717, 1.165) is 49.5 Å². The van der Waals surface area contributed by atoms with Gasteiger partial charge in [-0.2, -0.15) is 9.78 Å². The highest BCUT2D eigenvalue weighted by atomic mass is 35.5. The molecule has 0 aliphatic heterocycles. The molecule has 6 nitrogen and oxygen atoms in total. The topological polar surface area (TPSA) is 61.4 Å². The van der Waals surface area contributed by atoms with Crippen LogP contribution in [0.2, 0.25) is 5.02 Å². The largest absolute Gasteiger partial charge is 0.496 e. The second-order valence-corrected chi connectivity index (χ2v) is 11.1. The number of hydrogen-bond acceptors (Lipinski definition) is 4. The van der Waals surface area contributed by atoms with Gasteiger partial charge in [0.15, 0.2) is 5.82 Å². The third-order valence-corrected chi connectivity index (χ3v) is 7.99. The minimum Gasteiger partial charge on any atom is -0.496 e. The molecular formula is C35H31ClN4O2. The quantitative estimate of drug-likeness (QED) is 0.181. The van der Waals surface area contributed by atoms with Gasteiger partial charge in [-0.1, -0.05) is 74.0 Å². The maximum atomic E-state index is 13.9. The van der Waals surface area contributed by atoms with Crippen LogP contribution in [0.15, 0.2) is 101 Å². The molecule has 210 valence electrons. The Balaban J connectivity index is 1.53. The van der Waals surface area contributed by atoms with Crippen molar-refractivity contribution in [3.63, 3.8) is 0 Å². The van der Waals surface area contributed by atoms with Crippen molar-refractivity contribution >= 4 is 39.6 Å². The zero-order chi connectivity index (χ0) is 29.4. The lowest BCUT2D eigenvalue weighted by atomic mass is 9.96. The van der Waals surface area contributed by atoms with Crippen molar-refractivity contribution in [2.24, 2.45) is 5.10 Å². The van der Waals surface area contributed by atoms with Gasteiger partial charge >= 0.3 is 0 Å². The van der Waals surface area contributed by atoms with Crippen molar-refractivity contribution in [3.05, 3.63) is 129 Å². The summed E-state index contributed by atoms with van der Waals surface area (Å²) < 4.78 is 9.25. The number of benzene rings is 4. The number of nitrogens with zero attached hydrogens (tertiary/aromatic N) is 4. The van der Waals surface area contributed by atoms with Crippen molar-refractivity contribution in [1.29, 1.82) is 0 Å². The van der Waals surface area contributed by atoms with E-state index in [2.05, 4.69) is 36.6 Å². The monoisotopic (exact) mass is 574 g/mol. The Kier molecular flexibility index (Phi) is 7.40. The summed E-state index contributed by atoms with van der Waals surface area (Å²) in [4.78, 5) is 18.9. The van der Waals surface area contributed by atoms with Gasteiger partial charge in [0, 0.05) is 39.8 Å². The van der Waals surface area contributed by atoms with E-state index in [4.69, 9.17) is 26.4 Å². The Morgan fingerprint density at radius 2 is 1.69 bits per heavy atom. The molecule has 0 unspecified atom stereocenters. The van der Waals surface area contributed by atoms with Gasteiger partial charge in [-0.05, 0) is 65.9 Å². The van der Waals surface area contributed by atoms with Crippen LogP contribution in [0.3, 0.4) is 0 Å². The number of halogens is 1. The minimum atomic E-state index is -0.229. The maximum Gasteiger partial charge on any atom is 0.282 e. The predicted molar refractivity (Wildman–Crippen MR) is 172 cm³/mol. The van der Waals surface area contributed by atoms with Gasteiger partial charge in [0.25, 0.3) is 5.56 Å². The molecule has 0 spiro atoms. The summed E-state index contributed by atoms with van der Waals surface area (Å²) in [7, 11) is 1.68. The SMILES string of the molecule is COc1cc(C)c(-c2nc3ccccc3c(=O)n2N=Cc2cn(Cc3ccccc3Cl)c3ccccc23)cc1C(C)C. The molecule has 4 aromatic carbocycles. The lowest BCUT2D eigenvalue weighted by Gasteiger charge is -2.17. The smallest absolute Gasteiger partial charge is 0.282 e. The van der Waals surface area contributed by atoms with Crippen molar-refractivity contribution in [2.45, 2.75) is 33.2 Å². The van der Waals surface area contributed by atoms with E-state index >= 15 is 0 Å². The first-order chi connectivity index (χ1) is 20.4. The first-order valence-electron chi connectivity index (χ1n) is 13.9. The molecule has 2 heterocycles. The van der Waals surface area contributed by atoms with Gasteiger partial charge in [0.05, 0.1) is 24.2 Å². The number of aromatic nitrogens is 3. The van der Waals surface area contributed by atoms with Gasteiger partial charge in [0.1, 0.15) is 5.75 Å². The van der Waals surface area contributed by atoms with Crippen LogP contribution < -0.4 is 10.3 Å². The first-order valence-corrected chi connectivity index (χ1v) is 14.3. The van der Waals surface area contributed by atoms with E-state index in [1.54, 1.807) is 19.4 Å². The first kappa shape index (κ1) is 27.5. The molecule has 6 aromatic rings. The number of ether oxygens (including phenoxy) is 1. The number of fused-ring (bicyclic) bond motifs is 2. The average molecular weight is 575 g/mol. The van der Waals surface area contributed by atoms with E-state index in [0.29, 0.717) is 23.3 Å². The third kappa shape index (κ3) is 4.99. The minimum absolute atomic E-state index is 0.215. The summed E-state index contributed by atoms with van der Waals surface area (Å²) in [6, 6.07) is 27.5. The van der Waals surface area contributed by atoms with Gasteiger partial charge in [0.2, 0.25) is 0 Å². The van der Waals surface area contributed by atoms with E-state index in [1.807, 2.05) is 73.8 Å². The number of hydrogen-bond donors (Lipinski definition) is 0. The number of para-hydroxylation sites is 2. The highest BCUT2D eigenvalue weighted by Crippen LogP contribution is 2.34. The van der Waals surface area contributed by atoms with Crippen LogP contribution in [-0.2, 0) is 6.54 Å². The Bertz CT molecular complexity index is 2040. The Morgan fingerprint density at radius 1 is 0.976 bits per heavy atom. The molecule has 0 saturated carbocycles. The summed E-state index contributed by atoms with van der Waals surface area (Å²) in [5.74, 6) is 1.51. The van der Waals surface area contributed by atoms with Crippen molar-refractivity contribution in [2.75, 3.05) is 7.11 Å². The molecule has 0 atom stereocenters. The number of aryl methyl sites for hydroxylation is 1. The molecule has 0 fully saturated rings. The average Bonchev–Trinajstić information content (AvgIpc) is 3.34. The highest BCUT2D eigenvalue weighted by molar-refractivity contribution is 6.31. The summed E-state index contributed by atoms with van der Waals surface area (Å²) in [5, 5.41) is 7.05. The second kappa shape index (κ2) is 11.3. The lowest BCUT2D eigenvalue weighted by Crippen LogP contribution is -2.20. The van der Waals surface area contributed by atoms with E-state index in [9.17, 15) is 4.79 Å². The van der Waals surface area contributed by atoms with Crippen LogP contribution in [0.25, 0.3) is 33.2 Å². The fourth-order valence-electron chi connectivity index (χ4n) is 5.41. The van der Waals surface area contributed by atoms with Crippen LogP contribution in [0.4, 0.5) is 0 Å². The molecule has 0 aliphatic carbocycles. The summed E-state index contributed by atoms with van der Waals surface area (Å²) >= 11 is 6.48. The van der Waals surface area contributed by atoms with E-state index < -0.39 is 0 Å². The van der Waals surface area contributed by atoms with Gasteiger partial charge in [-0.15, -0.1) is 0 Å². The van der Waals surface area contributed by atoms with Gasteiger partial charge < -0.3 is 9.30 Å². The Morgan fingerprint density at radius 3 is 2.45 bits per heavy atom. The molecule has 0 N–H and O–H groups in total. The van der Waals surface area contributed by atoms with Gasteiger partial charge in [-0.3, -0.25) is 4.79 Å². The third-order valence-electron chi connectivity index (χ3n) is 7.62. The highest BCUT2D eigenvalue weighted by Gasteiger charge is 2.18. The standard InChI is InChI=1S/C35H31ClN4O2/c1-22(2)28-18-29(23(3)17-33(28)42-4)34-38-31-15-9-6-13-27(31)35(41)40(34)37-19-25-21-39(32-16-10-7-12-26(25)32)20-24-11-5-8-14-30(24)36/h5-19,21-22H,20H2,1-4H3. The Hall–Kier alpha value is -4.68. The zero-order valence-corrected chi connectivity index (χ0v) is 24.8. The maximum absolute atomic E-state index is 13.9. The molecule has 0 bridgehead atoms. The fourth-order valence-corrected chi connectivity index (χ4v) is 5.61. The summed E-state index contributed by atoms with van der Waals surface area (Å²) in [5.41, 5.74) is 6.18. The van der Waals surface area contributed by atoms with Crippen LogP contribution >= 0.6 is 11.6 Å². The van der Waals surface area contributed by atoms with Crippen LogP contribution in [0.5, 0.6) is 5.75 Å². The van der Waals surface area contributed by atoms with Crippen molar-refractivity contribution in [3.8, 4) is 17.1 Å². The molecule has 6 rings (SSSR count). The molecule has 42 heavy (non-hydrogen) atoms. The zero-order valence-electron chi connectivity index (χ0n) is 24.0. The van der Waals surface area contributed by atoms with E-state index in [1.165, 1.54) is 4.68 Å². The van der Waals surface area contributed by atoms with Crippen LogP contribution in [0, 0.1) is 6.92 Å². The Labute approximate surface area is 249 Å². The fraction of sp³-hybridized carbons (Fsp3) is 0.171. The second-order valence-electron chi connectivity index (χ2n) is 10.7. The molecular weight excluding hydrogens is 544 g/mol. The number of methoxy groups -OCH3 is 1. The van der Waals surface area contributed by atoms with Crippen LogP contribution in [-0.4, -0.2) is 27.6 Å². The van der Waals surface area contributed by atoms with Crippen LogP contribution in [0.1, 0.15) is 42.0 Å². The molecule has 0 saturated heterocycles.